The highest BCUT2D eigenvalue weighted by Crippen LogP contribution is 2.24. The predicted octanol–water partition coefficient (Wildman–Crippen LogP) is 0.957. The van der Waals surface area contributed by atoms with Crippen LogP contribution in [0, 0.1) is 0 Å². The number of nitrogens with two attached hydrogens (primary N) is 1. The molecule has 6 nitrogen and oxygen atoms in total. The highest BCUT2D eigenvalue weighted by Gasteiger charge is 2.31. The highest BCUT2D eigenvalue weighted by molar-refractivity contribution is 6.30. The Morgan fingerprint density at radius 2 is 1.64 bits per heavy atom. The van der Waals surface area contributed by atoms with Crippen molar-refractivity contribution >= 4 is 23.5 Å². The van der Waals surface area contributed by atoms with Gasteiger partial charge in [-0.25, -0.2) is 0 Å². The lowest BCUT2D eigenvalue weighted by Gasteiger charge is -2.39. The fourth-order valence-electron chi connectivity index (χ4n) is 2.74. The van der Waals surface area contributed by atoms with Crippen molar-refractivity contribution in [2.75, 3.05) is 26.2 Å². The van der Waals surface area contributed by atoms with E-state index in [2.05, 4.69) is 0 Å². The fraction of sp³-hybridized carbons (Fsp3) is 0.467. The number of hydrogen-bond donors (Lipinski definition) is 2. The van der Waals surface area contributed by atoms with Gasteiger partial charge in [-0.2, -0.15) is 0 Å². The van der Waals surface area contributed by atoms with Crippen LogP contribution in [-0.4, -0.2) is 59.0 Å². The van der Waals surface area contributed by atoms with Crippen LogP contribution in [0.15, 0.2) is 24.3 Å². The lowest BCUT2D eigenvalue weighted by molar-refractivity contribution is -0.144. The molecule has 7 heteroatoms. The normalized spacial score (nSPS) is 19.5. The molecule has 1 fully saturated rings. The molecule has 0 saturated carbocycles. The molecule has 2 atom stereocenters. The molecule has 1 amide bonds. The Balaban J connectivity index is 2.08. The number of carbonyl (C=O) groups excluding carboxylic acids is 1. The highest BCUT2D eigenvalue weighted by atomic mass is 35.5. The van der Waals surface area contributed by atoms with E-state index < -0.39 is 24.0 Å². The average molecular weight is 326 g/mol. The summed E-state index contributed by atoms with van der Waals surface area (Å²) < 4.78 is 0. The summed E-state index contributed by atoms with van der Waals surface area (Å²) in [6.45, 7) is 4.03. The van der Waals surface area contributed by atoms with Gasteiger partial charge in [-0.15, -0.1) is 0 Å². The molecule has 1 aliphatic rings. The molecule has 120 valence electrons. The van der Waals surface area contributed by atoms with E-state index >= 15 is 0 Å². The first-order valence-corrected chi connectivity index (χ1v) is 7.53. The van der Waals surface area contributed by atoms with E-state index in [0.717, 1.165) is 5.56 Å². The van der Waals surface area contributed by atoms with Gasteiger partial charge in [0.1, 0.15) is 12.1 Å². The molecule has 1 aliphatic heterocycles. The van der Waals surface area contributed by atoms with Crippen LogP contribution in [0.5, 0.6) is 0 Å². The summed E-state index contributed by atoms with van der Waals surface area (Å²) in [6, 6.07) is 6.02. The van der Waals surface area contributed by atoms with E-state index in [0.29, 0.717) is 31.2 Å². The molecule has 0 aliphatic carbocycles. The van der Waals surface area contributed by atoms with Crippen molar-refractivity contribution in [1.29, 1.82) is 0 Å². The lowest BCUT2D eigenvalue weighted by atomic mass is 10.0. The third-order valence-corrected chi connectivity index (χ3v) is 4.33. The Morgan fingerprint density at radius 3 is 2.09 bits per heavy atom. The topological polar surface area (TPSA) is 86.9 Å². The Labute approximate surface area is 134 Å². The number of amides is 1. The van der Waals surface area contributed by atoms with Gasteiger partial charge >= 0.3 is 5.97 Å². The second-order valence-corrected chi connectivity index (χ2v) is 5.88. The molecule has 2 rings (SSSR count). The van der Waals surface area contributed by atoms with E-state index in [-0.39, 0.29) is 0 Å². The molecular weight excluding hydrogens is 306 g/mol. The van der Waals surface area contributed by atoms with Gasteiger partial charge in [0, 0.05) is 31.2 Å². The maximum atomic E-state index is 11.8. The molecule has 1 heterocycles. The predicted molar refractivity (Wildman–Crippen MR) is 83.6 cm³/mol. The minimum absolute atomic E-state index is 0.415. The smallest absolute Gasteiger partial charge is 0.320 e. The van der Waals surface area contributed by atoms with Crippen molar-refractivity contribution in [3.8, 4) is 0 Å². The second-order valence-electron chi connectivity index (χ2n) is 5.44. The van der Waals surface area contributed by atoms with Crippen LogP contribution < -0.4 is 5.73 Å². The number of piperazine rings is 1. The number of aliphatic carboxylic acids is 1. The van der Waals surface area contributed by atoms with Crippen LogP contribution >= 0.6 is 11.6 Å². The SMILES string of the molecule is CC(C(=O)O)N1CCN(C(C(N)=O)c2ccc(Cl)cc2)CC1. The number of primary amides is 1. The molecule has 3 N–H and O–H groups in total. The zero-order valence-corrected chi connectivity index (χ0v) is 13.2. The monoisotopic (exact) mass is 325 g/mol. The first-order chi connectivity index (χ1) is 10.4. The third-order valence-electron chi connectivity index (χ3n) is 4.07. The maximum Gasteiger partial charge on any atom is 0.320 e. The van der Waals surface area contributed by atoms with Crippen LogP contribution in [0.25, 0.3) is 0 Å². The molecule has 0 spiro atoms. The zero-order chi connectivity index (χ0) is 16.3. The summed E-state index contributed by atoms with van der Waals surface area (Å²) in [6.07, 6.45) is 0. The van der Waals surface area contributed by atoms with Crippen molar-refractivity contribution in [2.24, 2.45) is 5.73 Å². The van der Waals surface area contributed by atoms with E-state index in [1.165, 1.54) is 0 Å². The number of hydrogen-bond acceptors (Lipinski definition) is 4. The molecular formula is C15H20ClN3O3. The van der Waals surface area contributed by atoms with Crippen LogP contribution in [-0.2, 0) is 9.59 Å². The lowest BCUT2D eigenvalue weighted by Crippen LogP contribution is -2.54. The number of benzene rings is 1. The number of carboxylic acids is 1. The van der Waals surface area contributed by atoms with E-state index in [1.54, 1.807) is 31.2 Å². The number of carboxylic acid groups (broad SMARTS) is 1. The third kappa shape index (κ3) is 3.76. The van der Waals surface area contributed by atoms with Crippen LogP contribution in [0.3, 0.4) is 0 Å². The molecule has 0 bridgehead atoms. The Hall–Kier alpha value is -1.63. The molecule has 22 heavy (non-hydrogen) atoms. The van der Waals surface area contributed by atoms with Gasteiger partial charge in [0.05, 0.1) is 0 Å². The first-order valence-electron chi connectivity index (χ1n) is 7.16. The summed E-state index contributed by atoms with van der Waals surface area (Å²) in [4.78, 5) is 26.8. The first kappa shape index (κ1) is 16.7. The maximum absolute atomic E-state index is 11.8. The Morgan fingerprint density at radius 1 is 1.14 bits per heavy atom. The Bertz CT molecular complexity index is 541. The molecule has 0 radical (unpaired) electrons. The summed E-state index contributed by atoms with van der Waals surface area (Å²) in [5, 5.41) is 9.66. The van der Waals surface area contributed by atoms with Gasteiger partial charge in [0.2, 0.25) is 5.91 Å². The van der Waals surface area contributed by atoms with Gasteiger partial charge in [0.25, 0.3) is 0 Å². The van der Waals surface area contributed by atoms with Gasteiger partial charge < -0.3 is 10.8 Å². The standard InChI is InChI=1S/C15H20ClN3O3/c1-10(15(21)22)18-6-8-19(9-7-18)13(14(17)20)11-2-4-12(16)5-3-11/h2-5,10,13H,6-9H2,1H3,(H2,17,20)(H,21,22). The van der Waals surface area contributed by atoms with Gasteiger partial charge in [-0.1, -0.05) is 23.7 Å². The van der Waals surface area contributed by atoms with Gasteiger partial charge in [-0.3, -0.25) is 19.4 Å². The van der Waals surface area contributed by atoms with Gasteiger partial charge in [0.15, 0.2) is 0 Å². The molecule has 1 saturated heterocycles. The number of halogens is 1. The van der Waals surface area contributed by atoms with Crippen molar-refractivity contribution in [3.05, 3.63) is 34.9 Å². The van der Waals surface area contributed by atoms with Crippen molar-refractivity contribution in [2.45, 2.75) is 19.0 Å². The minimum Gasteiger partial charge on any atom is -0.480 e. The molecule has 1 aromatic carbocycles. The van der Waals surface area contributed by atoms with Crippen molar-refractivity contribution in [1.82, 2.24) is 9.80 Å². The fourth-order valence-corrected chi connectivity index (χ4v) is 2.87. The van der Waals surface area contributed by atoms with E-state index in [1.807, 2.05) is 9.80 Å². The van der Waals surface area contributed by atoms with Crippen LogP contribution in [0.1, 0.15) is 18.5 Å². The zero-order valence-electron chi connectivity index (χ0n) is 12.4. The quantitative estimate of drug-likeness (QED) is 0.842. The molecule has 0 aromatic heterocycles. The number of rotatable bonds is 5. The Kier molecular flexibility index (Phi) is 5.39. The number of nitrogens with zero attached hydrogens (tertiary/aromatic N) is 2. The van der Waals surface area contributed by atoms with E-state index in [4.69, 9.17) is 22.4 Å². The van der Waals surface area contributed by atoms with Crippen LogP contribution in [0.2, 0.25) is 5.02 Å². The molecule has 1 aromatic rings. The molecule has 2 unspecified atom stereocenters. The summed E-state index contributed by atoms with van der Waals surface area (Å²) in [5.41, 5.74) is 6.36. The minimum atomic E-state index is -0.836. The summed E-state index contributed by atoms with van der Waals surface area (Å²) >= 11 is 5.87. The summed E-state index contributed by atoms with van der Waals surface area (Å²) in [7, 11) is 0. The average Bonchev–Trinajstić information content (AvgIpc) is 2.49. The van der Waals surface area contributed by atoms with Crippen molar-refractivity contribution < 1.29 is 14.7 Å². The second kappa shape index (κ2) is 7.09. The largest absolute Gasteiger partial charge is 0.480 e. The van der Waals surface area contributed by atoms with Gasteiger partial charge in [-0.05, 0) is 24.6 Å². The summed E-state index contributed by atoms with van der Waals surface area (Å²) in [5.74, 6) is -1.25. The number of carbonyl (C=O) groups is 2. The van der Waals surface area contributed by atoms with E-state index in [9.17, 15) is 9.59 Å². The van der Waals surface area contributed by atoms with Crippen LogP contribution in [0.4, 0.5) is 0 Å². The van der Waals surface area contributed by atoms with Crippen molar-refractivity contribution in [3.63, 3.8) is 0 Å².